The van der Waals surface area contributed by atoms with Crippen LogP contribution >= 0.6 is 0 Å². The Morgan fingerprint density at radius 3 is 2.17 bits per heavy atom. The van der Waals surface area contributed by atoms with Gasteiger partial charge in [-0.2, -0.15) is 0 Å². The molecule has 4 atom stereocenters. The van der Waals surface area contributed by atoms with Crippen LogP contribution in [0.4, 0.5) is 4.79 Å². The number of ether oxygens (including phenoxy) is 3. The van der Waals surface area contributed by atoms with Crippen LogP contribution in [0.25, 0.3) is 0 Å². The maximum absolute atomic E-state index is 13.1. The molecule has 11 nitrogen and oxygen atoms in total. The van der Waals surface area contributed by atoms with Gasteiger partial charge in [0.1, 0.15) is 23.0 Å². The molecule has 1 aromatic carbocycles. The SMILES string of the molecule is CCCCNC(=O)C(C)CC(O)C(Cc1cccc(OCCCCCC(=O)OC(C)(C)C)c1)NC(=O)[C@H](C)NC(=O)OC(C)(C)C. The minimum Gasteiger partial charge on any atom is -0.494 e. The molecule has 262 valence electrons. The third-order valence-corrected chi connectivity index (χ3v) is 6.86. The lowest BCUT2D eigenvalue weighted by Gasteiger charge is -2.28. The highest BCUT2D eigenvalue weighted by molar-refractivity contribution is 5.85. The van der Waals surface area contributed by atoms with E-state index in [1.54, 1.807) is 27.7 Å². The van der Waals surface area contributed by atoms with Crippen LogP contribution in [0.3, 0.4) is 0 Å². The van der Waals surface area contributed by atoms with E-state index in [9.17, 15) is 24.3 Å². The number of rotatable bonds is 19. The van der Waals surface area contributed by atoms with Crippen molar-refractivity contribution in [3.05, 3.63) is 29.8 Å². The molecule has 46 heavy (non-hydrogen) atoms. The first kappa shape index (κ1) is 40.7. The van der Waals surface area contributed by atoms with E-state index >= 15 is 0 Å². The van der Waals surface area contributed by atoms with Gasteiger partial charge >= 0.3 is 12.1 Å². The molecule has 0 radical (unpaired) electrons. The Morgan fingerprint density at radius 2 is 1.54 bits per heavy atom. The van der Waals surface area contributed by atoms with Crippen LogP contribution in [0.1, 0.15) is 113 Å². The summed E-state index contributed by atoms with van der Waals surface area (Å²) in [4.78, 5) is 49.8. The van der Waals surface area contributed by atoms with Gasteiger partial charge in [-0.25, -0.2) is 4.79 Å². The molecule has 11 heteroatoms. The Labute approximate surface area is 275 Å². The maximum Gasteiger partial charge on any atom is 0.408 e. The van der Waals surface area contributed by atoms with E-state index in [1.807, 2.05) is 52.0 Å². The van der Waals surface area contributed by atoms with Gasteiger partial charge in [-0.15, -0.1) is 0 Å². The van der Waals surface area contributed by atoms with Gasteiger partial charge in [0, 0.05) is 18.9 Å². The van der Waals surface area contributed by atoms with Crippen LogP contribution in [-0.4, -0.2) is 71.5 Å². The van der Waals surface area contributed by atoms with Gasteiger partial charge < -0.3 is 35.3 Å². The second-order valence-corrected chi connectivity index (χ2v) is 13.9. The van der Waals surface area contributed by atoms with E-state index in [1.165, 1.54) is 6.92 Å². The summed E-state index contributed by atoms with van der Waals surface area (Å²) in [5, 5.41) is 19.5. The number of hydrogen-bond acceptors (Lipinski definition) is 8. The molecule has 0 saturated carbocycles. The largest absolute Gasteiger partial charge is 0.494 e. The number of nitrogens with one attached hydrogen (secondary N) is 3. The highest BCUT2D eigenvalue weighted by Gasteiger charge is 2.29. The molecule has 0 heterocycles. The fraction of sp³-hybridized carbons (Fsp3) is 0.714. The number of amides is 3. The van der Waals surface area contributed by atoms with Crippen molar-refractivity contribution in [3.63, 3.8) is 0 Å². The van der Waals surface area contributed by atoms with Gasteiger partial charge in [-0.05, 0) is 105 Å². The molecule has 0 saturated heterocycles. The summed E-state index contributed by atoms with van der Waals surface area (Å²) in [7, 11) is 0. The Hall–Kier alpha value is -3.34. The lowest BCUT2D eigenvalue weighted by atomic mass is 9.93. The van der Waals surface area contributed by atoms with E-state index in [2.05, 4.69) is 16.0 Å². The van der Waals surface area contributed by atoms with Gasteiger partial charge in [-0.3, -0.25) is 14.4 Å². The molecule has 0 aliphatic rings. The van der Waals surface area contributed by atoms with Gasteiger partial charge in [0.15, 0.2) is 0 Å². The van der Waals surface area contributed by atoms with Crippen LogP contribution in [-0.2, 0) is 30.3 Å². The highest BCUT2D eigenvalue weighted by Crippen LogP contribution is 2.19. The van der Waals surface area contributed by atoms with Crippen LogP contribution < -0.4 is 20.7 Å². The fourth-order valence-corrected chi connectivity index (χ4v) is 4.48. The van der Waals surface area contributed by atoms with E-state index in [-0.39, 0.29) is 24.7 Å². The Bertz CT molecular complexity index is 1100. The maximum atomic E-state index is 13.1. The number of aliphatic hydroxyl groups is 1. The summed E-state index contributed by atoms with van der Waals surface area (Å²) in [5.74, 6) is -0.680. The van der Waals surface area contributed by atoms with Gasteiger partial charge in [-0.1, -0.05) is 32.4 Å². The number of alkyl carbamates (subject to hydrolysis) is 1. The molecule has 1 rings (SSSR count). The quantitative estimate of drug-likeness (QED) is 0.118. The molecule has 4 N–H and O–H groups in total. The molecular weight excluding hydrogens is 590 g/mol. The third-order valence-electron chi connectivity index (χ3n) is 6.86. The number of esters is 1. The van der Waals surface area contributed by atoms with Crippen molar-refractivity contribution in [3.8, 4) is 5.75 Å². The van der Waals surface area contributed by atoms with Gasteiger partial charge in [0.05, 0.1) is 18.8 Å². The average molecular weight is 650 g/mol. The first-order chi connectivity index (χ1) is 21.4. The van der Waals surface area contributed by atoms with Crippen molar-refractivity contribution in [1.82, 2.24) is 16.0 Å². The second kappa shape index (κ2) is 20.0. The molecule has 0 bridgehead atoms. The third kappa shape index (κ3) is 18.6. The van der Waals surface area contributed by atoms with Crippen molar-refractivity contribution in [2.24, 2.45) is 5.92 Å². The van der Waals surface area contributed by atoms with Crippen molar-refractivity contribution in [1.29, 1.82) is 0 Å². The minimum atomic E-state index is -1.04. The minimum absolute atomic E-state index is 0.135. The molecule has 3 unspecified atom stereocenters. The van der Waals surface area contributed by atoms with Crippen molar-refractivity contribution in [2.45, 2.75) is 143 Å². The van der Waals surface area contributed by atoms with Crippen molar-refractivity contribution in [2.75, 3.05) is 13.2 Å². The summed E-state index contributed by atoms with van der Waals surface area (Å²) in [5.41, 5.74) is -0.390. The normalized spacial score (nSPS) is 14.3. The number of aliphatic hydroxyl groups excluding tert-OH is 1. The molecule has 0 aliphatic carbocycles. The average Bonchev–Trinajstić information content (AvgIpc) is 2.92. The van der Waals surface area contributed by atoms with Crippen LogP contribution in [0.2, 0.25) is 0 Å². The molecule has 3 amide bonds. The summed E-state index contributed by atoms with van der Waals surface area (Å²) >= 11 is 0. The van der Waals surface area contributed by atoms with E-state index in [4.69, 9.17) is 14.2 Å². The monoisotopic (exact) mass is 649 g/mol. The van der Waals surface area contributed by atoms with Crippen molar-refractivity contribution >= 4 is 23.9 Å². The molecule has 0 aromatic heterocycles. The first-order valence-corrected chi connectivity index (χ1v) is 16.6. The number of unbranched alkanes of at least 4 members (excludes halogenated alkanes) is 3. The number of carbonyl (C=O) groups excluding carboxylic acids is 4. The zero-order chi connectivity index (χ0) is 34.9. The number of hydrogen-bond donors (Lipinski definition) is 4. The van der Waals surface area contributed by atoms with Crippen LogP contribution in [0, 0.1) is 5.92 Å². The first-order valence-electron chi connectivity index (χ1n) is 16.6. The summed E-state index contributed by atoms with van der Waals surface area (Å²) in [6, 6.07) is 5.74. The van der Waals surface area contributed by atoms with Gasteiger partial charge in [0.25, 0.3) is 0 Å². The predicted molar refractivity (Wildman–Crippen MR) is 178 cm³/mol. The van der Waals surface area contributed by atoms with E-state index in [0.717, 1.165) is 31.2 Å². The Balaban J connectivity index is 2.86. The summed E-state index contributed by atoms with van der Waals surface area (Å²) in [6.07, 6.45) is 3.13. The number of carbonyl (C=O) groups is 4. The smallest absolute Gasteiger partial charge is 0.408 e. The lowest BCUT2D eigenvalue weighted by molar-refractivity contribution is -0.155. The Morgan fingerprint density at radius 1 is 0.870 bits per heavy atom. The zero-order valence-electron chi connectivity index (χ0n) is 29.5. The van der Waals surface area contributed by atoms with E-state index in [0.29, 0.717) is 31.7 Å². The van der Waals surface area contributed by atoms with Crippen molar-refractivity contribution < 1.29 is 38.5 Å². The number of benzene rings is 1. The van der Waals surface area contributed by atoms with Crippen LogP contribution in [0.5, 0.6) is 5.75 Å². The molecule has 1 aromatic rings. The lowest BCUT2D eigenvalue weighted by Crippen LogP contribution is -2.53. The Kier molecular flexibility index (Phi) is 17.7. The molecule has 0 fully saturated rings. The zero-order valence-corrected chi connectivity index (χ0v) is 29.5. The molecular formula is C35H59N3O8. The standard InChI is InChI=1S/C35H59N3O8/c1-10-11-19-36-31(41)24(2)21-29(39)28(38-32(42)25(3)37-33(43)46-35(7,8)9)23-26-16-15-17-27(22-26)44-20-14-12-13-18-30(40)45-34(4,5)6/h15-17,22,24-25,28-29,39H,10-14,18-21,23H2,1-9H3,(H,36,41)(H,37,43)(H,38,42)/t24?,25-,28?,29?/m0/s1. The topological polar surface area (TPSA) is 152 Å². The summed E-state index contributed by atoms with van der Waals surface area (Å²) in [6.45, 7) is 17.1. The fourth-order valence-electron chi connectivity index (χ4n) is 4.48. The molecule has 0 aliphatic heterocycles. The van der Waals surface area contributed by atoms with Gasteiger partial charge in [0.2, 0.25) is 11.8 Å². The summed E-state index contributed by atoms with van der Waals surface area (Å²) < 4.78 is 16.5. The highest BCUT2D eigenvalue weighted by atomic mass is 16.6. The second-order valence-electron chi connectivity index (χ2n) is 13.9. The molecule has 0 spiro atoms. The van der Waals surface area contributed by atoms with E-state index < -0.39 is 47.3 Å². The van der Waals surface area contributed by atoms with Crippen LogP contribution in [0.15, 0.2) is 24.3 Å². The predicted octanol–water partition coefficient (Wildman–Crippen LogP) is 5.21.